The first-order valence-corrected chi connectivity index (χ1v) is 6.68. The van der Waals surface area contributed by atoms with Crippen LogP contribution < -0.4 is 0 Å². The van der Waals surface area contributed by atoms with Crippen molar-refractivity contribution in [3.8, 4) is 0 Å². The van der Waals surface area contributed by atoms with E-state index in [4.69, 9.17) is 4.74 Å². The number of piperidine rings is 2. The minimum Gasteiger partial charge on any atom is -0.444 e. The van der Waals surface area contributed by atoms with E-state index in [-0.39, 0.29) is 11.7 Å². The van der Waals surface area contributed by atoms with Crippen molar-refractivity contribution in [3.63, 3.8) is 0 Å². The lowest BCUT2D eigenvalue weighted by atomic mass is 9.89. The number of carbonyl (C=O) groups excluding carboxylic acids is 1. The number of rotatable bonds is 0. The summed E-state index contributed by atoms with van der Waals surface area (Å²) >= 11 is 0. The highest BCUT2D eigenvalue weighted by atomic mass is 16.6. The molecule has 4 nitrogen and oxygen atoms in total. The Morgan fingerprint density at radius 3 is 2.76 bits per heavy atom. The Labute approximate surface area is 103 Å². The third kappa shape index (κ3) is 1.92. The normalized spacial score (nSPS) is 39.6. The highest BCUT2D eigenvalue weighted by Crippen LogP contribution is 2.40. The second-order valence-electron chi connectivity index (χ2n) is 6.65. The first-order valence-electron chi connectivity index (χ1n) is 6.68. The van der Waals surface area contributed by atoms with Crippen LogP contribution in [0.4, 0.5) is 4.79 Å². The zero-order valence-electron chi connectivity index (χ0n) is 11.0. The Kier molecular flexibility index (Phi) is 2.41. The third-order valence-electron chi connectivity index (χ3n) is 4.18. The summed E-state index contributed by atoms with van der Waals surface area (Å²) in [6.07, 6.45) is 2.21. The van der Waals surface area contributed by atoms with Gasteiger partial charge in [-0.1, -0.05) is 0 Å². The quantitative estimate of drug-likeness (QED) is 0.644. The van der Waals surface area contributed by atoms with Crippen molar-refractivity contribution in [1.29, 1.82) is 0 Å². The second-order valence-corrected chi connectivity index (χ2v) is 6.65. The second kappa shape index (κ2) is 3.61. The monoisotopic (exact) mass is 238 g/mol. The highest BCUT2D eigenvalue weighted by Gasteiger charge is 2.51. The summed E-state index contributed by atoms with van der Waals surface area (Å²) in [6.45, 7) is 9.19. The number of fused-ring (bicyclic) bond motifs is 2. The van der Waals surface area contributed by atoms with Crippen LogP contribution in [0.3, 0.4) is 0 Å². The van der Waals surface area contributed by atoms with Crippen LogP contribution in [0.1, 0.15) is 33.6 Å². The summed E-state index contributed by atoms with van der Waals surface area (Å²) in [5, 5.41) is 0. The predicted molar refractivity (Wildman–Crippen MR) is 64.8 cm³/mol. The van der Waals surface area contributed by atoms with Crippen molar-refractivity contribution >= 4 is 6.09 Å². The largest absolute Gasteiger partial charge is 0.444 e. The van der Waals surface area contributed by atoms with Gasteiger partial charge in [0.1, 0.15) is 5.60 Å². The fraction of sp³-hybridized carbons (Fsp3) is 0.923. The van der Waals surface area contributed by atoms with Gasteiger partial charge in [-0.15, -0.1) is 0 Å². The molecule has 0 aromatic heterocycles. The average molecular weight is 238 g/mol. The third-order valence-corrected chi connectivity index (χ3v) is 4.18. The van der Waals surface area contributed by atoms with E-state index in [1.165, 1.54) is 13.0 Å². The molecule has 4 atom stereocenters. The van der Waals surface area contributed by atoms with Crippen molar-refractivity contribution in [2.75, 3.05) is 19.6 Å². The van der Waals surface area contributed by atoms with E-state index in [1.807, 2.05) is 25.7 Å². The van der Waals surface area contributed by atoms with Gasteiger partial charge in [-0.2, -0.15) is 0 Å². The zero-order valence-corrected chi connectivity index (χ0v) is 11.0. The van der Waals surface area contributed by atoms with Gasteiger partial charge in [0.25, 0.3) is 0 Å². The number of nitrogens with zero attached hydrogens (tertiary/aromatic N) is 2. The Hall–Kier alpha value is -0.770. The summed E-state index contributed by atoms with van der Waals surface area (Å²) < 4.78 is 5.55. The standard InChI is InChI=1S/C13H22N2O2/c1-13(2,3)17-12(16)15-10-6-9-7-14(8-10)5-4-11(9)15/h9-11H,4-8H2,1-3H3. The van der Waals surface area contributed by atoms with Gasteiger partial charge in [-0.25, -0.2) is 4.79 Å². The van der Waals surface area contributed by atoms with Gasteiger partial charge in [0.05, 0.1) is 0 Å². The zero-order chi connectivity index (χ0) is 12.2. The lowest BCUT2D eigenvalue weighted by Gasteiger charge is -2.35. The molecule has 3 fully saturated rings. The molecule has 17 heavy (non-hydrogen) atoms. The van der Waals surface area contributed by atoms with Crippen molar-refractivity contribution < 1.29 is 9.53 Å². The number of likely N-dealkylation sites (tertiary alicyclic amines) is 1. The molecule has 0 saturated carbocycles. The van der Waals surface area contributed by atoms with Crippen LogP contribution in [-0.2, 0) is 4.74 Å². The molecule has 0 aromatic carbocycles. The van der Waals surface area contributed by atoms with E-state index >= 15 is 0 Å². The van der Waals surface area contributed by atoms with E-state index in [2.05, 4.69) is 4.90 Å². The maximum Gasteiger partial charge on any atom is 0.410 e. The molecule has 0 aliphatic carbocycles. The Bertz CT molecular complexity index is 337. The summed E-state index contributed by atoms with van der Waals surface area (Å²) in [5.74, 6) is 0.690. The topological polar surface area (TPSA) is 32.8 Å². The van der Waals surface area contributed by atoms with Crippen molar-refractivity contribution in [1.82, 2.24) is 9.80 Å². The van der Waals surface area contributed by atoms with Crippen LogP contribution in [0.2, 0.25) is 0 Å². The minimum absolute atomic E-state index is 0.0984. The predicted octanol–water partition coefficient (Wildman–Crippen LogP) is 1.70. The summed E-state index contributed by atoms with van der Waals surface area (Å²) in [7, 11) is 0. The van der Waals surface area contributed by atoms with Gasteiger partial charge < -0.3 is 14.5 Å². The number of amides is 1. The molecular weight excluding hydrogens is 216 g/mol. The Morgan fingerprint density at radius 2 is 2.06 bits per heavy atom. The molecule has 3 heterocycles. The van der Waals surface area contributed by atoms with Gasteiger partial charge in [0.15, 0.2) is 0 Å². The van der Waals surface area contributed by atoms with Gasteiger partial charge in [0.2, 0.25) is 0 Å². The van der Waals surface area contributed by atoms with Crippen LogP contribution >= 0.6 is 0 Å². The first kappa shape index (κ1) is 11.3. The average Bonchev–Trinajstić information content (AvgIpc) is 2.34. The molecule has 0 radical (unpaired) electrons. The highest BCUT2D eigenvalue weighted by molar-refractivity contribution is 5.70. The first-order chi connectivity index (χ1) is 7.94. The molecule has 0 aromatic rings. The molecule has 0 spiro atoms. The fourth-order valence-corrected chi connectivity index (χ4v) is 3.65. The molecule has 3 rings (SSSR count). The molecule has 3 aliphatic rings. The lowest BCUT2D eigenvalue weighted by Crippen LogP contribution is -2.45. The van der Waals surface area contributed by atoms with Crippen LogP contribution in [0.15, 0.2) is 0 Å². The van der Waals surface area contributed by atoms with Crippen LogP contribution in [-0.4, -0.2) is 53.2 Å². The van der Waals surface area contributed by atoms with Gasteiger partial charge >= 0.3 is 6.09 Å². The number of hydrogen-bond acceptors (Lipinski definition) is 3. The Morgan fingerprint density at radius 1 is 1.29 bits per heavy atom. The van der Waals surface area contributed by atoms with E-state index < -0.39 is 0 Å². The number of hydrogen-bond donors (Lipinski definition) is 0. The fourth-order valence-electron chi connectivity index (χ4n) is 3.65. The van der Waals surface area contributed by atoms with Gasteiger partial charge in [-0.3, -0.25) is 0 Å². The van der Waals surface area contributed by atoms with Crippen LogP contribution in [0.5, 0.6) is 0 Å². The van der Waals surface area contributed by atoms with E-state index in [1.54, 1.807) is 0 Å². The minimum atomic E-state index is -0.383. The molecule has 3 saturated heterocycles. The number of carbonyl (C=O) groups is 1. The maximum atomic E-state index is 12.3. The molecule has 4 heteroatoms. The SMILES string of the molecule is CC(C)(C)OC(=O)N1C2CC3CN(CCC31)C2. The molecular formula is C13H22N2O2. The smallest absolute Gasteiger partial charge is 0.410 e. The van der Waals surface area contributed by atoms with Gasteiger partial charge in [-0.05, 0) is 39.5 Å². The molecule has 4 unspecified atom stereocenters. The van der Waals surface area contributed by atoms with Gasteiger partial charge in [0, 0.05) is 31.7 Å². The molecule has 96 valence electrons. The van der Waals surface area contributed by atoms with E-state index in [0.717, 1.165) is 19.5 Å². The molecule has 3 aliphatic heterocycles. The van der Waals surface area contributed by atoms with Crippen LogP contribution in [0.25, 0.3) is 0 Å². The Balaban J connectivity index is 1.77. The van der Waals surface area contributed by atoms with E-state index in [9.17, 15) is 4.79 Å². The molecule has 0 N–H and O–H groups in total. The number of ether oxygens (including phenoxy) is 1. The summed E-state index contributed by atoms with van der Waals surface area (Å²) in [4.78, 5) is 16.8. The molecule has 3 bridgehead atoms. The summed E-state index contributed by atoms with van der Waals surface area (Å²) in [5.41, 5.74) is -0.383. The van der Waals surface area contributed by atoms with E-state index in [0.29, 0.717) is 18.0 Å². The van der Waals surface area contributed by atoms with Crippen molar-refractivity contribution in [2.24, 2.45) is 5.92 Å². The maximum absolute atomic E-state index is 12.3. The lowest BCUT2D eigenvalue weighted by molar-refractivity contribution is 0.0154. The summed E-state index contributed by atoms with van der Waals surface area (Å²) in [6, 6.07) is 0.838. The molecule has 1 amide bonds. The van der Waals surface area contributed by atoms with Crippen molar-refractivity contribution in [3.05, 3.63) is 0 Å². The van der Waals surface area contributed by atoms with Crippen LogP contribution in [0, 0.1) is 5.92 Å². The van der Waals surface area contributed by atoms with Crippen molar-refractivity contribution in [2.45, 2.75) is 51.3 Å².